The van der Waals surface area contributed by atoms with Gasteiger partial charge >= 0.3 is 10.2 Å². The molecule has 0 saturated carbocycles. The Balaban J connectivity index is 1.90. The molecule has 1 heterocycles. The molecule has 5 nitrogen and oxygen atoms in total. The van der Waals surface area contributed by atoms with Gasteiger partial charge in [-0.25, -0.2) is 0 Å². The molecule has 1 fully saturated rings. The zero-order chi connectivity index (χ0) is 15.6. The minimum atomic E-state index is -3.58. The Kier molecular flexibility index (Phi) is 4.15. The molecule has 1 atom stereocenters. The van der Waals surface area contributed by atoms with Crippen LogP contribution in [0.5, 0.6) is 0 Å². The zero-order valence-electron chi connectivity index (χ0n) is 11.5. The van der Waals surface area contributed by atoms with Crippen molar-refractivity contribution >= 4 is 27.6 Å². The summed E-state index contributed by atoms with van der Waals surface area (Å²) in [6, 6.07) is 16.1. The number of benzene rings is 2. The molecule has 0 aliphatic carbocycles. The summed E-state index contributed by atoms with van der Waals surface area (Å²) in [5.41, 5.74) is 1.75. The Morgan fingerprint density at radius 1 is 1.09 bits per heavy atom. The molecule has 2 aromatic carbocycles. The first-order chi connectivity index (χ1) is 10.5. The highest BCUT2D eigenvalue weighted by Crippen LogP contribution is 2.23. The van der Waals surface area contributed by atoms with Gasteiger partial charge in [0.1, 0.15) is 11.9 Å². The third-order valence-corrected chi connectivity index (χ3v) is 4.50. The van der Waals surface area contributed by atoms with Crippen LogP contribution in [-0.4, -0.2) is 14.3 Å². The number of amidine groups is 1. The number of hydrogen-bond acceptors (Lipinski definition) is 3. The molecule has 0 bridgehead atoms. The Hall–Kier alpha value is -1.89. The summed E-state index contributed by atoms with van der Waals surface area (Å²) in [7, 11) is -3.58. The molecule has 0 radical (unpaired) electrons. The van der Waals surface area contributed by atoms with Crippen LogP contribution in [0.25, 0.3) is 0 Å². The van der Waals surface area contributed by atoms with Crippen molar-refractivity contribution in [3.8, 4) is 0 Å². The fraction of sp³-hybridized carbons (Fsp3) is 0.133. The predicted octanol–water partition coefficient (Wildman–Crippen LogP) is 2.42. The maximum absolute atomic E-state index is 11.8. The van der Waals surface area contributed by atoms with Crippen LogP contribution in [0.3, 0.4) is 0 Å². The van der Waals surface area contributed by atoms with E-state index in [9.17, 15) is 8.42 Å². The van der Waals surface area contributed by atoms with Gasteiger partial charge in [0.25, 0.3) is 0 Å². The zero-order valence-corrected chi connectivity index (χ0v) is 13.1. The molecule has 0 aromatic heterocycles. The van der Waals surface area contributed by atoms with E-state index >= 15 is 0 Å². The Bertz CT molecular complexity index is 807. The average Bonchev–Trinajstić information content (AvgIpc) is 2.81. The van der Waals surface area contributed by atoms with E-state index in [0.29, 0.717) is 17.4 Å². The van der Waals surface area contributed by atoms with Crippen molar-refractivity contribution in [3.63, 3.8) is 0 Å². The van der Waals surface area contributed by atoms with E-state index in [1.54, 1.807) is 18.2 Å². The third kappa shape index (κ3) is 3.47. The van der Waals surface area contributed by atoms with E-state index in [1.165, 1.54) is 0 Å². The minimum absolute atomic E-state index is 0.367. The smallest absolute Gasteiger partial charge is 0.265 e. The number of aliphatic imine (C=N–C) groups is 1. The summed E-state index contributed by atoms with van der Waals surface area (Å²) < 4.78 is 28.5. The first-order valence-corrected chi connectivity index (χ1v) is 8.53. The fourth-order valence-corrected chi connectivity index (χ4v) is 3.51. The summed E-state index contributed by atoms with van der Waals surface area (Å²) in [4.78, 5) is 4.40. The second-order valence-corrected chi connectivity index (χ2v) is 6.78. The lowest BCUT2D eigenvalue weighted by Gasteiger charge is -2.09. The molecule has 1 aliphatic heterocycles. The molecule has 114 valence electrons. The van der Waals surface area contributed by atoms with Gasteiger partial charge < -0.3 is 0 Å². The van der Waals surface area contributed by atoms with Crippen molar-refractivity contribution in [2.45, 2.75) is 12.6 Å². The van der Waals surface area contributed by atoms with Crippen LogP contribution in [0, 0.1) is 0 Å². The van der Waals surface area contributed by atoms with Crippen molar-refractivity contribution < 1.29 is 8.42 Å². The van der Waals surface area contributed by atoms with Crippen molar-refractivity contribution in [1.29, 1.82) is 0 Å². The molecule has 2 N–H and O–H groups in total. The highest BCUT2D eigenvalue weighted by atomic mass is 35.5. The van der Waals surface area contributed by atoms with Crippen LogP contribution in [0.4, 0.5) is 0 Å². The normalized spacial score (nSPS) is 21.7. The van der Waals surface area contributed by atoms with Gasteiger partial charge in [-0.3, -0.25) is 9.71 Å². The molecular formula is C15H14ClN3O2S. The number of hydrogen-bond donors (Lipinski definition) is 2. The molecule has 3 rings (SSSR count). The highest BCUT2D eigenvalue weighted by molar-refractivity contribution is 7.88. The maximum Gasteiger partial charge on any atom is 0.301 e. The summed E-state index contributed by atoms with van der Waals surface area (Å²) in [5, 5.41) is 0.547. The van der Waals surface area contributed by atoms with Gasteiger partial charge in [-0.15, -0.1) is 0 Å². The molecule has 0 amide bonds. The Labute approximate surface area is 134 Å². The number of nitrogens with zero attached hydrogens (tertiary/aromatic N) is 1. The van der Waals surface area contributed by atoms with Gasteiger partial charge in [-0.1, -0.05) is 54.1 Å². The molecular weight excluding hydrogens is 322 g/mol. The monoisotopic (exact) mass is 335 g/mol. The summed E-state index contributed by atoms with van der Waals surface area (Å²) in [5.74, 6) is 0.367. The lowest BCUT2D eigenvalue weighted by Crippen LogP contribution is -2.24. The van der Waals surface area contributed by atoms with Crippen LogP contribution >= 0.6 is 11.6 Å². The van der Waals surface area contributed by atoms with Crippen LogP contribution in [0.2, 0.25) is 5.02 Å². The van der Waals surface area contributed by atoms with Crippen molar-refractivity contribution in [3.05, 3.63) is 70.7 Å². The van der Waals surface area contributed by atoms with E-state index in [4.69, 9.17) is 11.6 Å². The largest absolute Gasteiger partial charge is 0.301 e. The third-order valence-electron chi connectivity index (χ3n) is 3.24. The number of rotatable bonds is 3. The molecule has 7 heteroatoms. The van der Waals surface area contributed by atoms with Crippen LogP contribution in [0.15, 0.2) is 59.6 Å². The molecule has 22 heavy (non-hydrogen) atoms. The summed E-state index contributed by atoms with van der Waals surface area (Å²) >= 11 is 5.98. The van der Waals surface area contributed by atoms with E-state index in [1.807, 2.05) is 36.4 Å². The number of halogens is 1. The first-order valence-electron chi connectivity index (χ1n) is 6.67. The molecule has 0 spiro atoms. The van der Waals surface area contributed by atoms with Gasteiger partial charge in [0.2, 0.25) is 0 Å². The second-order valence-electron chi connectivity index (χ2n) is 4.90. The van der Waals surface area contributed by atoms with Gasteiger partial charge in [-0.05, 0) is 23.3 Å². The van der Waals surface area contributed by atoms with E-state index in [-0.39, 0.29) is 0 Å². The second kappa shape index (κ2) is 6.08. The van der Waals surface area contributed by atoms with Gasteiger partial charge in [0, 0.05) is 5.02 Å². The van der Waals surface area contributed by atoms with Crippen molar-refractivity contribution in [2.24, 2.45) is 4.99 Å². The van der Waals surface area contributed by atoms with Gasteiger partial charge in [0.05, 0.1) is 6.54 Å². The average molecular weight is 336 g/mol. The topological polar surface area (TPSA) is 70.6 Å². The molecule has 2 aromatic rings. The fourth-order valence-electron chi connectivity index (χ4n) is 2.23. The lowest BCUT2D eigenvalue weighted by molar-refractivity contribution is 0.583. The van der Waals surface area contributed by atoms with Gasteiger partial charge in [0.15, 0.2) is 0 Å². The van der Waals surface area contributed by atoms with Crippen molar-refractivity contribution in [2.75, 3.05) is 0 Å². The Morgan fingerprint density at radius 2 is 1.86 bits per heavy atom. The van der Waals surface area contributed by atoms with Crippen LogP contribution < -0.4 is 9.44 Å². The SMILES string of the molecule is O=S1(=O)NC(=NCc2ccccc2)C(c2cccc(Cl)c2)N1. The van der Waals surface area contributed by atoms with Crippen LogP contribution in [-0.2, 0) is 16.8 Å². The summed E-state index contributed by atoms with van der Waals surface area (Å²) in [6.45, 7) is 0.400. The van der Waals surface area contributed by atoms with Crippen LogP contribution in [0.1, 0.15) is 17.2 Å². The minimum Gasteiger partial charge on any atom is -0.265 e. The molecule has 1 unspecified atom stereocenters. The molecule has 1 aliphatic rings. The van der Waals surface area contributed by atoms with E-state index in [2.05, 4.69) is 14.4 Å². The highest BCUT2D eigenvalue weighted by Gasteiger charge is 2.33. The maximum atomic E-state index is 11.8. The Morgan fingerprint density at radius 3 is 2.59 bits per heavy atom. The lowest BCUT2D eigenvalue weighted by atomic mass is 10.1. The van der Waals surface area contributed by atoms with Crippen molar-refractivity contribution in [1.82, 2.24) is 9.44 Å². The standard InChI is InChI=1S/C15H14ClN3O2S/c16-13-8-4-7-12(9-13)14-15(19-22(20,21)18-14)17-10-11-5-2-1-3-6-11/h1-9,14,18H,10H2,(H,17,19). The van der Waals surface area contributed by atoms with E-state index < -0.39 is 16.3 Å². The van der Waals surface area contributed by atoms with Gasteiger partial charge in [-0.2, -0.15) is 13.1 Å². The predicted molar refractivity (Wildman–Crippen MR) is 87.0 cm³/mol. The molecule has 1 saturated heterocycles. The summed E-state index contributed by atoms with van der Waals surface area (Å²) in [6.07, 6.45) is 0. The quantitative estimate of drug-likeness (QED) is 0.904. The number of nitrogens with one attached hydrogen (secondary N) is 2. The van der Waals surface area contributed by atoms with E-state index in [0.717, 1.165) is 11.1 Å². The first kappa shape index (κ1) is 15.0.